The molecule has 0 saturated carbocycles. The van der Waals surface area contributed by atoms with Crippen molar-refractivity contribution in [3.63, 3.8) is 0 Å². The Labute approximate surface area is 230 Å². The number of methoxy groups -OCH3 is 2. The topological polar surface area (TPSA) is 98.2 Å². The number of fused-ring (bicyclic) bond motifs is 1. The number of hydrogen-bond donors (Lipinski definition) is 1. The Hall–Kier alpha value is -3.72. The van der Waals surface area contributed by atoms with Crippen molar-refractivity contribution in [2.75, 3.05) is 14.2 Å². The average molecular weight is 533 g/mol. The van der Waals surface area contributed by atoms with E-state index >= 15 is 0 Å². The summed E-state index contributed by atoms with van der Waals surface area (Å²) < 4.78 is 12.9. The second-order valence-electron chi connectivity index (χ2n) is 11.1. The number of benzene rings is 2. The van der Waals surface area contributed by atoms with E-state index < -0.39 is 0 Å². The van der Waals surface area contributed by atoms with Gasteiger partial charge in [-0.25, -0.2) is 4.68 Å². The van der Waals surface area contributed by atoms with Gasteiger partial charge in [0, 0.05) is 30.1 Å². The van der Waals surface area contributed by atoms with E-state index in [2.05, 4.69) is 91.2 Å². The number of pyridine rings is 1. The van der Waals surface area contributed by atoms with E-state index in [1.54, 1.807) is 20.3 Å². The van der Waals surface area contributed by atoms with E-state index in [1.165, 1.54) is 5.56 Å². The van der Waals surface area contributed by atoms with Crippen LogP contribution in [0.1, 0.15) is 69.6 Å². The molecule has 0 aliphatic carbocycles. The van der Waals surface area contributed by atoms with Crippen LogP contribution in [0.2, 0.25) is 0 Å². The van der Waals surface area contributed by atoms with Crippen LogP contribution >= 0.6 is 0 Å². The first-order valence-corrected chi connectivity index (χ1v) is 13.4. The second kappa shape index (κ2) is 11.6. The maximum Gasteiger partial charge on any atom is 0.252 e. The normalized spacial score (nSPS) is 12.9. The van der Waals surface area contributed by atoms with Crippen LogP contribution in [0.3, 0.4) is 0 Å². The third-order valence-corrected chi connectivity index (χ3v) is 7.53. The maximum atomic E-state index is 13.4. The number of rotatable bonds is 11. The monoisotopic (exact) mass is 532 g/mol. The van der Waals surface area contributed by atoms with Crippen LogP contribution in [-0.4, -0.2) is 44.3 Å². The van der Waals surface area contributed by atoms with Crippen molar-refractivity contribution in [3.05, 3.63) is 75.3 Å². The highest BCUT2D eigenvalue weighted by atomic mass is 16.5. The molecular weight excluding hydrogens is 492 g/mol. The summed E-state index contributed by atoms with van der Waals surface area (Å²) in [6.07, 6.45) is 0.878. The van der Waals surface area contributed by atoms with Crippen molar-refractivity contribution in [2.45, 2.75) is 72.6 Å². The molecule has 2 aromatic heterocycles. The molecule has 0 amide bonds. The van der Waals surface area contributed by atoms with E-state index in [-0.39, 0.29) is 23.1 Å². The minimum Gasteiger partial charge on any atom is -0.493 e. The van der Waals surface area contributed by atoms with Crippen LogP contribution in [0.25, 0.3) is 10.9 Å². The van der Waals surface area contributed by atoms with Crippen molar-refractivity contribution in [3.8, 4) is 11.5 Å². The van der Waals surface area contributed by atoms with Gasteiger partial charge < -0.3 is 14.5 Å². The van der Waals surface area contributed by atoms with Gasteiger partial charge in [-0.3, -0.25) is 9.69 Å². The van der Waals surface area contributed by atoms with Gasteiger partial charge in [0.05, 0.1) is 31.3 Å². The van der Waals surface area contributed by atoms with E-state index in [0.29, 0.717) is 35.7 Å². The minimum atomic E-state index is -0.252. The third kappa shape index (κ3) is 5.98. The number of nitrogens with one attached hydrogen (secondary N) is 1. The highest BCUT2D eigenvalue weighted by molar-refractivity contribution is 5.83. The summed E-state index contributed by atoms with van der Waals surface area (Å²) in [7, 11) is 3.19. The Balaban J connectivity index is 1.82. The van der Waals surface area contributed by atoms with Crippen LogP contribution in [0.4, 0.5) is 0 Å². The SMILES string of the molecule is CCC(C)(C)n1nnnc1[C@@H](C(C)C)N(Cc1ccc(C)cc1)Cc1cc2cc(OC)c(OC)cc2[nH]c1=O. The Morgan fingerprint density at radius 1 is 1.03 bits per heavy atom. The molecule has 1 atom stereocenters. The molecule has 0 unspecified atom stereocenters. The number of aromatic nitrogens is 5. The van der Waals surface area contributed by atoms with Crippen molar-refractivity contribution in [1.82, 2.24) is 30.1 Å². The molecule has 4 rings (SSSR count). The fraction of sp³-hybridized carbons (Fsp3) is 0.467. The smallest absolute Gasteiger partial charge is 0.252 e. The molecule has 4 aromatic rings. The first-order chi connectivity index (χ1) is 18.6. The Bertz CT molecular complexity index is 1470. The summed E-state index contributed by atoms with van der Waals surface area (Å²) in [5.74, 6) is 2.16. The van der Waals surface area contributed by atoms with Crippen LogP contribution in [0.15, 0.2) is 47.3 Å². The lowest BCUT2D eigenvalue weighted by Crippen LogP contribution is -2.38. The molecule has 208 valence electrons. The summed E-state index contributed by atoms with van der Waals surface area (Å²) >= 11 is 0. The molecule has 0 bridgehead atoms. The van der Waals surface area contributed by atoms with E-state index in [0.717, 1.165) is 23.2 Å². The van der Waals surface area contributed by atoms with Gasteiger partial charge in [-0.15, -0.1) is 5.10 Å². The number of aromatic amines is 1. The molecule has 39 heavy (non-hydrogen) atoms. The largest absolute Gasteiger partial charge is 0.493 e. The second-order valence-corrected chi connectivity index (χ2v) is 11.1. The van der Waals surface area contributed by atoms with Crippen molar-refractivity contribution in [1.29, 1.82) is 0 Å². The van der Waals surface area contributed by atoms with Crippen molar-refractivity contribution in [2.24, 2.45) is 5.92 Å². The van der Waals surface area contributed by atoms with Crippen molar-refractivity contribution < 1.29 is 9.47 Å². The molecular formula is C30H40N6O3. The summed E-state index contributed by atoms with van der Waals surface area (Å²) in [5.41, 5.74) is 3.32. The van der Waals surface area contributed by atoms with Gasteiger partial charge in [-0.05, 0) is 61.2 Å². The lowest BCUT2D eigenvalue weighted by molar-refractivity contribution is 0.118. The first kappa shape index (κ1) is 28.3. The van der Waals surface area contributed by atoms with Crippen LogP contribution in [0, 0.1) is 12.8 Å². The van der Waals surface area contributed by atoms with E-state index in [9.17, 15) is 4.79 Å². The summed E-state index contributed by atoms with van der Waals surface area (Å²) in [6.45, 7) is 13.9. The van der Waals surface area contributed by atoms with Gasteiger partial charge in [0.1, 0.15) is 0 Å². The fourth-order valence-corrected chi connectivity index (χ4v) is 4.94. The zero-order valence-corrected chi connectivity index (χ0v) is 24.3. The Morgan fingerprint density at radius 2 is 1.69 bits per heavy atom. The molecule has 9 heteroatoms. The van der Waals surface area contributed by atoms with Gasteiger partial charge >= 0.3 is 0 Å². The van der Waals surface area contributed by atoms with Crippen LogP contribution < -0.4 is 15.0 Å². The quantitative estimate of drug-likeness (QED) is 0.277. The summed E-state index contributed by atoms with van der Waals surface area (Å²) in [6, 6.07) is 14.0. The lowest BCUT2D eigenvalue weighted by Gasteiger charge is -2.35. The molecule has 0 aliphatic rings. The molecule has 0 radical (unpaired) electrons. The number of tetrazole rings is 1. The molecule has 0 spiro atoms. The van der Waals surface area contributed by atoms with E-state index in [4.69, 9.17) is 9.47 Å². The van der Waals surface area contributed by atoms with Gasteiger partial charge in [0.25, 0.3) is 5.56 Å². The number of hydrogen-bond acceptors (Lipinski definition) is 7. The molecule has 0 saturated heterocycles. The van der Waals surface area contributed by atoms with Crippen molar-refractivity contribution >= 4 is 10.9 Å². The zero-order valence-electron chi connectivity index (χ0n) is 24.3. The molecule has 0 fully saturated rings. The van der Waals surface area contributed by atoms with Gasteiger partial charge in [-0.2, -0.15) is 0 Å². The lowest BCUT2D eigenvalue weighted by atomic mass is 9.96. The maximum absolute atomic E-state index is 13.4. The Morgan fingerprint density at radius 3 is 2.31 bits per heavy atom. The number of ether oxygens (including phenoxy) is 2. The predicted octanol–water partition coefficient (Wildman–Crippen LogP) is 5.38. The molecule has 1 N–H and O–H groups in total. The van der Waals surface area contributed by atoms with Gasteiger partial charge in [0.2, 0.25) is 0 Å². The Kier molecular flexibility index (Phi) is 8.39. The number of nitrogens with zero attached hydrogens (tertiary/aromatic N) is 5. The van der Waals surface area contributed by atoms with Gasteiger partial charge in [-0.1, -0.05) is 50.6 Å². The molecule has 0 aliphatic heterocycles. The highest BCUT2D eigenvalue weighted by Crippen LogP contribution is 2.34. The third-order valence-electron chi connectivity index (χ3n) is 7.53. The standard InChI is InChI=1S/C30H40N6O3/c1-9-30(5,6)36-28(32-33-34-36)27(19(2)3)35(17-21-12-10-20(4)11-13-21)18-23-14-22-15-25(38-7)26(39-8)16-24(22)31-29(23)37/h10-16,19,27H,9,17-18H2,1-8H3,(H,31,37)/t27-/m1/s1. The first-order valence-electron chi connectivity index (χ1n) is 13.4. The zero-order chi connectivity index (χ0) is 28.3. The summed E-state index contributed by atoms with van der Waals surface area (Å²) in [4.78, 5) is 18.7. The average Bonchev–Trinajstić information content (AvgIpc) is 3.39. The number of H-pyrrole nitrogens is 1. The minimum absolute atomic E-state index is 0.132. The highest BCUT2D eigenvalue weighted by Gasteiger charge is 2.34. The van der Waals surface area contributed by atoms with Crippen LogP contribution in [-0.2, 0) is 18.6 Å². The molecule has 9 nitrogen and oxygen atoms in total. The molecule has 2 heterocycles. The molecule has 2 aromatic carbocycles. The van der Waals surface area contributed by atoms with E-state index in [1.807, 2.05) is 16.8 Å². The summed E-state index contributed by atoms with van der Waals surface area (Å²) in [5, 5.41) is 13.9. The fourth-order valence-electron chi connectivity index (χ4n) is 4.94. The van der Waals surface area contributed by atoms with Gasteiger partial charge in [0.15, 0.2) is 17.3 Å². The number of aryl methyl sites for hydroxylation is 1. The predicted molar refractivity (Wildman–Crippen MR) is 153 cm³/mol. The van der Waals surface area contributed by atoms with Crippen LogP contribution in [0.5, 0.6) is 11.5 Å².